The summed E-state index contributed by atoms with van der Waals surface area (Å²) in [7, 11) is 1.69. The van der Waals surface area contributed by atoms with E-state index in [0.717, 1.165) is 18.5 Å². The molecule has 0 unspecified atom stereocenters. The Balaban J connectivity index is 1.79. The zero-order chi connectivity index (χ0) is 18.4. The zero-order valence-electron chi connectivity index (χ0n) is 15.9. The third-order valence-corrected chi connectivity index (χ3v) is 4.27. The van der Waals surface area contributed by atoms with Crippen LogP contribution in [0.2, 0.25) is 0 Å². The fourth-order valence-corrected chi connectivity index (χ4v) is 3.02. The predicted molar refractivity (Wildman–Crippen MR) is 99.8 cm³/mol. The second kappa shape index (κ2) is 8.37. The van der Waals surface area contributed by atoms with Gasteiger partial charge in [-0.3, -0.25) is 4.79 Å². The van der Waals surface area contributed by atoms with Crippen LogP contribution < -0.4 is 5.32 Å². The summed E-state index contributed by atoms with van der Waals surface area (Å²) in [5.74, 6) is -0.00318. The van der Waals surface area contributed by atoms with Gasteiger partial charge in [0.1, 0.15) is 5.60 Å². The average Bonchev–Trinajstić information content (AvgIpc) is 2.53. The van der Waals surface area contributed by atoms with E-state index in [1.807, 2.05) is 32.9 Å². The van der Waals surface area contributed by atoms with E-state index in [9.17, 15) is 9.59 Å². The topological polar surface area (TPSA) is 58.6 Å². The van der Waals surface area contributed by atoms with Crippen molar-refractivity contribution in [1.29, 1.82) is 0 Å². The first-order chi connectivity index (χ1) is 11.8. The van der Waals surface area contributed by atoms with Crippen molar-refractivity contribution in [2.45, 2.75) is 64.9 Å². The van der Waals surface area contributed by atoms with Crippen molar-refractivity contribution in [2.75, 3.05) is 18.9 Å². The van der Waals surface area contributed by atoms with E-state index in [4.69, 9.17) is 4.74 Å². The zero-order valence-corrected chi connectivity index (χ0v) is 15.9. The fourth-order valence-electron chi connectivity index (χ4n) is 3.02. The van der Waals surface area contributed by atoms with Crippen molar-refractivity contribution in [3.63, 3.8) is 0 Å². The molecule has 0 bridgehead atoms. The molecule has 0 aromatic heterocycles. The van der Waals surface area contributed by atoms with Crippen LogP contribution in [0, 0.1) is 0 Å². The van der Waals surface area contributed by atoms with Gasteiger partial charge in [-0.05, 0) is 70.1 Å². The lowest BCUT2D eigenvalue weighted by Crippen LogP contribution is -2.35. The number of anilines is 1. The molecule has 0 aliphatic heterocycles. The molecular formula is C20H30N2O3. The van der Waals surface area contributed by atoms with E-state index in [2.05, 4.69) is 11.4 Å². The lowest BCUT2D eigenvalue weighted by atomic mass is 9.90. The van der Waals surface area contributed by atoms with Gasteiger partial charge < -0.3 is 15.0 Å². The quantitative estimate of drug-likeness (QED) is 0.871. The fraction of sp³-hybridized carbons (Fsp3) is 0.600. The molecule has 138 valence electrons. The van der Waals surface area contributed by atoms with E-state index >= 15 is 0 Å². The van der Waals surface area contributed by atoms with Crippen molar-refractivity contribution in [2.24, 2.45) is 0 Å². The van der Waals surface area contributed by atoms with Gasteiger partial charge in [0.25, 0.3) is 0 Å². The summed E-state index contributed by atoms with van der Waals surface area (Å²) >= 11 is 0. The summed E-state index contributed by atoms with van der Waals surface area (Å²) in [6.07, 6.45) is 5.17. The Labute approximate surface area is 150 Å². The monoisotopic (exact) mass is 346 g/mol. The van der Waals surface area contributed by atoms with E-state index in [-0.39, 0.29) is 12.0 Å². The van der Waals surface area contributed by atoms with Crippen molar-refractivity contribution < 1.29 is 14.3 Å². The molecule has 25 heavy (non-hydrogen) atoms. The normalized spacial score (nSPS) is 13.8. The largest absolute Gasteiger partial charge is 0.444 e. The molecule has 1 N–H and O–H groups in total. The number of amides is 2. The number of fused-ring (bicyclic) bond motifs is 1. The van der Waals surface area contributed by atoms with Crippen LogP contribution in [0.3, 0.4) is 0 Å². The molecule has 0 saturated heterocycles. The van der Waals surface area contributed by atoms with E-state index < -0.39 is 5.60 Å². The Morgan fingerprint density at radius 1 is 1.20 bits per heavy atom. The molecule has 2 amide bonds. The van der Waals surface area contributed by atoms with Gasteiger partial charge in [0.05, 0.1) is 0 Å². The van der Waals surface area contributed by atoms with Crippen LogP contribution in [0.5, 0.6) is 0 Å². The first-order valence-electron chi connectivity index (χ1n) is 9.11. The van der Waals surface area contributed by atoms with E-state index in [1.54, 1.807) is 7.05 Å². The Kier molecular flexibility index (Phi) is 6.45. The minimum atomic E-state index is -0.505. The van der Waals surface area contributed by atoms with Gasteiger partial charge in [-0.2, -0.15) is 0 Å². The van der Waals surface area contributed by atoms with Crippen LogP contribution in [0.4, 0.5) is 10.5 Å². The number of carbonyl (C=O) groups excluding carboxylic acids is 2. The van der Waals surface area contributed by atoms with Crippen molar-refractivity contribution in [3.8, 4) is 0 Å². The number of benzene rings is 1. The molecule has 0 atom stereocenters. The maximum Gasteiger partial charge on any atom is 0.410 e. The summed E-state index contributed by atoms with van der Waals surface area (Å²) in [4.78, 5) is 25.6. The van der Waals surface area contributed by atoms with Crippen LogP contribution >= 0.6 is 0 Å². The van der Waals surface area contributed by atoms with Crippen LogP contribution in [-0.2, 0) is 22.4 Å². The molecule has 0 saturated carbocycles. The first-order valence-corrected chi connectivity index (χ1v) is 9.11. The van der Waals surface area contributed by atoms with E-state index in [0.29, 0.717) is 19.4 Å². The number of aryl methyl sites for hydroxylation is 1. The van der Waals surface area contributed by atoms with Gasteiger partial charge in [-0.15, -0.1) is 0 Å². The highest BCUT2D eigenvalue weighted by atomic mass is 16.6. The van der Waals surface area contributed by atoms with Crippen molar-refractivity contribution in [3.05, 3.63) is 29.3 Å². The second-order valence-corrected chi connectivity index (χ2v) is 7.70. The summed E-state index contributed by atoms with van der Waals surface area (Å²) in [5.41, 5.74) is 3.08. The number of carbonyl (C=O) groups is 2. The Morgan fingerprint density at radius 3 is 2.64 bits per heavy atom. The lowest BCUT2D eigenvalue weighted by molar-refractivity contribution is -0.116. The Morgan fingerprint density at radius 2 is 1.92 bits per heavy atom. The van der Waals surface area contributed by atoms with Gasteiger partial charge in [0.2, 0.25) is 5.91 Å². The number of rotatable bonds is 5. The molecule has 1 aliphatic carbocycles. The van der Waals surface area contributed by atoms with Crippen LogP contribution in [-0.4, -0.2) is 36.1 Å². The highest BCUT2D eigenvalue weighted by Crippen LogP contribution is 2.27. The molecule has 5 heteroatoms. The minimum Gasteiger partial charge on any atom is -0.444 e. The summed E-state index contributed by atoms with van der Waals surface area (Å²) in [6.45, 7) is 6.02. The smallest absolute Gasteiger partial charge is 0.410 e. The first kappa shape index (κ1) is 19.3. The maximum absolute atomic E-state index is 12.2. The summed E-state index contributed by atoms with van der Waals surface area (Å²) < 4.78 is 5.30. The molecule has 1 aromatic carbocycles. The predicted octanol–water partition coefficient (Wildman–Crippen LogP) is 4.15. The minimum absolute atomic E-state index is 0.00318. The molecule has 5 nitrogen and oxygen atoms in total. The third kappa shape index (κ3) is 6.07. The van der Waals surface area contributed by atoms with Gasteiger partial charge in [0, 0.05) is 25.7 Å². The molecule has 0 fully saturated rings. The summed E-state index contributed by atoms with van der Waals surface area (Å²) in [6, 6.07) is 6.14. The van der Waals surface area contributed by atoms with Gasteiger partial charge in [-0.25, -0.2) is 4.79 Å². The molecule has 1 aromatic rings. The van der Waals surface area contributed by atoms with Crippen molar-refractivity contribution >= 4 is 17.7 Å². The van der Waals surface area contributed by atoms with Crippen molar-refractivity contribution in [1.82, 2.24) is 4.90 Å². The van der Waals surface area contributed by atoms with Gasteiger partial charge in [0.15, 0.2) is 0 Å². The number of nitrogens with one attached hydrogen (secondary N) is 1. The standard InChI is InChI=1S/C20H30N2O3/c1-20(2,3)25-19(24)22(4)14-8-13-18(23)21-17-12-7-10-15-9-5-6-11-16(15)17/h7,10,12H,5-6,8-9,11,13-14H2,1-4H3,(H,21,23). The Bertz CT molecular complexity index is 620. The van der Waals surface area contributed by atoms with Gasteiger partial charge >= 0.3 is 6.09 Å². The highest BCUT2D eigenvalue weighted by Gasteiger charge is 2.19. The van der Waals surface area contributed by atoms with Crippen LogP contribution in [0.1, 0.15) is 57.6 Å². The van der Waals surface area contributed by atoms with Gasteiger partial charge in [-0.1, -0.05) is 12.1 Å². The molecular weight excluding hydrogens is 316 g/mol. The summed E-state index contributed by atoms with van der Waals surface area (Å²) in [5, 5.41) is 3.04. The Hall–Kier alpha value is -2.04. The lowest BCUT2D eigenvalue weighted by Gasteiger charge is -2.24. The molecule has 1 aliphatic rings. The second-order valence-electron chi connectivity index (χ2n) is 7.70. The molecule has 2 rings (SSSR count). The number of ether oxygens (including phenoxy) is 1. The van der Waals surface area contributed by atoms with E-state index in [1.165, 1.54) is 28.9 Å². The molecule has 0 spiro atoms. The third-order valence-electron chi connectivity index (χ3n) is 4.27. The number of hydrogen-bond donors (Lipinski definition) is 1. The number of hydrogen-bond acceptors (Lipinski definition) is 3. The van der Waals surface area contributed by atoms with Crippen LogP contribution in [0.15, 0.2) is 18.2 Å². The van der Waals surface area contributed by atoms with Crippen LogP contribution in [0.25, 0.3) is 0 Å². The average molecular weight is 346 g/mol. The molecule has 0 radical (unpaired) electrons. The maximum atomic E-state index is 12.2. The number of nitrogens with zero attached hydrogens (tertiary/aromatic N) is 1. The highest BCUT2D eigenvalue weighted by molar-refractivity contribution is 5.91. The molecule has 0 heterocycles. The SMILES string of the molecule is CN(CCCC(=O)Nc1cccc2c1CCCC2)C(=O)OC(C)(C)C.